The van der Waals surface area contributed by atoms with Crippen LogP contribution in [0.4, 0.5) is 0 Å². The molecule has 3 amide bonds. The molecular formula is C18H20N2O4. The Labute approximate surface area is 140 Å². The number of hydrogen-bond donors (Lipinski definition) is 1. The van der Waals surface area contributed by atoms with Crippen LogP contribution in [0, 0.1) is 5.41 Å². The summed E-state index contributed by atoms with van der Waals surface area (Å²) in [5.74, 6) is -0.0211. The first kappa shape index (κ1) is 15.2. The van der Waals surface area contributed by atoms with Gasteiger partial charge >= 0.3 is 0 Å². The van der Waals surface area contributed by atoms with Crippen LogP contribution in [0.25, 0.3) is 0 Å². The number of aryl methyl sites for hydroxylation is 2. The Morgan fingerprint density at radius 3 is 2.67 bits per heavy atom. The van der Waals surface area contributed by atoms with E-state index in [0.717, 1.165) is 19.3 Å². The van der Waals surface area contributed by atoms with Crippen molar-refractivity contribution in [2.45, 2.75) is 32.1 Å². The summed E-state index contributed by atoms with van der Waals surface area (Å²) >= 11 is 0. The van der Waals surface area contributed by atoms with E-state index in [1.165, 1.54) is 11.1 Å². The maximum absolute atomic E-state index is 13.0. The van der Waals surface area contributed by atoms with Crippen LogP contribution in [-0.4, -0.2) is 42.8 Å². The molecule has 3 aliphatic rings. The average molecular weight is 328 g/mol. The lowest BCUT2D eigenvalue weighted by atomic mass is 9.85. The van der Waals surface area contributed by atoms with Gasteiger partial charge in [-0.05, 0) is 48.9 Å². The topological polar surface area (TPSA) is 75.7 Å². The lowest BCUT2D eigenvalue weighted by Crippen LogP contribution is -2.36. The van der Waals surface area contributed by atoms with E-state index in [0.29, 0.717) is 30.8 Å². The van der Waals surface area contributed by atoms with Crippen molar-refractivity contribution in [1.29, 1.82) is 0 Å². The first-order valence-electron chi connectivity index (χ1n) is 8.36. The molecule has 6 nitrogen and oxygen atoms in total. The van der Waals surface area contributed by atoms with Crippen LogP contribution in [-0.2, 0) is 22.4 Å². The average Bonchev–Trinajstić information content (AvgIpc) is 3.25. The number of carbonyl (C=O) groups is 3. The molecular weight excluding hydrogens is 308 g/mol. The number of methoxy groups -OCH3 is 1. The number of likely N-dealkylation sites (tertiary alicyclic amines) is 1. The van der Waals surface area contributed by atoms with E-state index >= 15 is 0 Å². The van der Waals surface area contributed by atoms with E-state index in [9.17, 15) is 14.4 Å². The van der Waals surface area contributed by atoms with Gasteiger partial charge in [-0.15, -0.1) is 0 Å². The minimum atomic E-state index is -0.739. The fourth-order valence-electron chi connectivity index (χ4n) is 4.17. The highest BCUT2D eigenvalue weighted by atomic mass is 16.5. The van der Waals surface area contributed by atoms with Crippen LogP contribution in [0.5, 0.6) is 5.75 Å². The van der Waals surface area contributed by atoms with Crippen LogP contribution >= 0.6 is 0 Å². The number of nitrogens with one attached hydrogen (secondary N) is 1. The van der Waals surface area contributed by atoms with Gasteiger partial charge < -0.3 is 9.64 Å². The molecule has 1 N–H and O–H groups in total. The second kappa shape index (κ2) is 5.33. The van der Waals surface area contributed by atoms with Crippen LogP contribution in [0.15, 0.2) is 12.1 Å². The first-order valence-corrected chi connectivity index (χ1v) is 8.36. The van der Waals surface area contributed by atoms with E-state index in [4.69, 9.17) is 4.74 Å². The summed E-state index contributed by atoms with van der Waals surface area (Å²) in [4.78, 5) is 38.3. The lowest BCUT2D eigenvalue weighted by molar-refractivity contribution is -0.128. The Bertz CT molecular complexity index is 758. The molecule has 1 aliphatic carbocycles. The second-order valence-electron chi connectivity index (χ2n) is 6.99. The summed E-state index contributed by atoms with van der Waals surface area (Å²) in [7, 11) is 1.57. The summed E-state index contributed by atoms with van der Waals surface area (Å²) in [6, 6.07) is 3.90. The van der Waals surface area contributed by atoms with E-state index in [2.05, 4.69) is 5.32 Å². The van der Waals surface area contributed by atoms with Crippen LogP contribution < -0.4 is 10.1 Å². The van der Waals surface area contributed by atoms with Gasteiger partial charge in [-0.2, -0.15) is 0 Å². The molecule has 2 aliphatic heterocycles. The zero-order valence-corrected chi connectivity index (χ0v) is 13.7. The highest BCUT2D eigenvalue weighted by Crippen LogP contribution is 2.39. The highest BCUT2D eigenvalue weighted by Gasteiger charge is 2.52. The van der Waals surface area contributed by atoms with Crippen molar-refractivity contribution >= 4 is 17.7 Å². The lowest BCUT2D eigenvalue weighted by Gasteiger charge is -2.21. The number of amides is 3. The first-order chi connectivity index (χ1) is 11.5. The third-order valence-electron chi connectivity index (χ3n) is 5.52. The molecule has 0 unspecified atom stereocenters. The maximum Gasteiger partial charge on any atom is 0.257 e. The van der Waals surface area contributed by atoms with Crippen molar-refractivity contribution in [2.75, 3.05) is 20.2 Å². The fraction of sp³-hybridized carbons (Fsp3) is 0.500. The highest BCUT2D eigenvalue weighted by molar-refractivity contribution is 6.07. The molecule has 4 rings (SSSR count). The normalized spacial score (nSPS) is 25.3. The Hall–Kier alpha value is -2.37. The van der Waals surface area contributed by atoms with Gasteiger partial charge in [0, 0.05) is 19.5 Å². The number of nitrogens with zero attached hydrogens (tertiary/aromatic N) is 1. The van der Waals surface area contributed by atoms with Gasteiger partial charge in [0.2, 0.25) is 11.8 Å². The molecule has 126 valence electrons. The predicted molar refractivity (Wildman–Crippen MR) is 85.7 cm³/mol. The number of rotatable bonds is 2. The van der Waals surface area contributed by atoms with E-state index in [-0.39, 0.29) is 24.1 Å². The summed E-state index contributed by atoms with van der Waals surface area (Å²) in [6.45, 7) is 0.781. The van der Waals surface area contributed by atoms with Crippen molar-refractivity contribution in [3.05, 3.63) is 28.8 Å². The minimum absolute atomic E-state index is 0.120. The molecule has 2 saturated heterocycles. The molecule has 6 heteroatoms. The van der Waals surface area contributed by atoms with Crippen LogP contribution in [0.2, 0.25) is 0 Å². The molecule has 1 aromatic rings. The molecule has 0 aromatic heterocycles. The molecule has 1 aromatic carbocycles. The number of imide groups is 1. The Kier molecular flexibility index (Phi) is 3.37. The number of fused-ring (bicyclic) bond motifs is 1. The Morgan fingerprint density at radius 2 is 2.00 bits per heavy atom. The van der Waals surface area contributed by atoms with Gasteiger partial charge in [0.1, 0.15) is 5.75 Å². The molecule has 0 radical (unpaired) electrons. The van der Waals surface area contributed by atoms with Gasteiger partial charge in [0.05, 0.1) is 18.1 Å². The SMILES string of the molecule is COc1cc2c(cc1C(=O)N1CC[C@]3(CC(=O)NC3=O)C1)CCC2. The molecule has 1 spiro atoms. The standard InChI is InChI=1S/C18H20N2O4/c1-24-14-8-12-4-2-3-11(12)7-13(14)16(22)20-6-5-18(10-20)9-15(21)19-17(18)23/h7-8H,2-6,9-10H2,1H3,(H,19,21,23)/t18-/m0/s1. The van der Waals surface area contributed by atoms with E-state index in [1.807, 2.05) is 12.1 Å². The Morgan fingerprint density at radius 1 is 1.25 bits per heavy atom. The summed E-state index contributed by atoms with van der Waals surface area (Å²) in [5.41, 5.74) is 2.28. The fourth-order valence-corrected chi connectivity index (χ4v) is 4.17. The van der Waals surface area contributed by atoms with Crippen molar-refractivity contribution < 1.29 is 19.1 Å². The summed E-state index contributed by atoms with van der Waals surface area (Å²) < 4.78 is 5.43. The quantitative estimate of drug-likeness (QED) is 0.824. The summed E-state index contributed by atoms with van der Waals surface area (Å²) in [5, 5.41) is 2.36. The molecule has 2 fully saturated rings. The number of carbonyl (C=O) groups excluding carboxylic acids is 3. The minimum Gasteiger partial charge on any atom is -0.496 e. The van der Waals surface area contributed by atoms with Gasteiger partial charge in [-0.1, -0.05) is 0 Å². The molecule has 0 bridgehead atoms. The number of ether oxygens (including phenoxy) is 1. The van der Waals surface area contributed by atoms with Crippen molar-refractivity contribution in [2.24, 2.45) is 5.41 Å². The number of hydrogen-bond acceptors (Lipinski definition) is 4. The third-order valence-corrected chi connectivity index (χ3v) is 5.52. The van der Waals surface area contributed by atoms with Gasteiger partial charge in [0.15, 0.2) is 0 Å². The van der Waals surface area contributed by atoms with Crippen molar-refractivity contribution in [1.82, 2.24) is 10.2 Å². The van der Waals surface area contributed by atoms with E-state index in [1.54, 1.807) is 12.0 Å². The van der Waals surface area contributed by atoms with Gasteiger partial charge in [0.25, 0.3) is 5.91 Å². The molecule has 24 heavy (non-hydrogen) atoms. The predicted octanol–water partition coefficient (Wildman–Crippen LogP) is 1.06. The van der Waals surface area contributed by atoms with Crippen molar-refractivity contribution in [3.8, 4) is 5.75 Å². The third kappa shape index (κ3) is 2.20. The largest absolute Gasteiger partial charge is 0.496 e. The van der Waals surface area contributed by atoms with Gasteiger partial charge in [-0.25, -0.2) is 0 Å². The van der Waals surface area contributed by atoms with E-state index < -0.39 is 5.41 Å². The second-order valence-corrected chi connectivity index (χ2v) is 6.99. The molecule has 1 atom stereocenters. The Balaban J connectivity index is 1.61. The van der Waals surface area contributed by atoms with Gasteiger partial charge in [-0.3, -0.25) is 19.7 Å². The monoisotopic (exact) mass is 328 g/mol. The zero-order chi connectivity index (χ0) is 16.9. The maximum atomic E-state index is 13.0. The smallest absolute Gasteiger partial charge is 0.257 e. The zero-order valence-electron chi connectivity index (χ0n) is 13.7. The summed E-state index contributed by atoms with van der Waals surface area (Å²) in [6.07, 6.45) is 3.82. The molecule has 2 heterocycles. The molecule has 0 saturated carbocycles. The van der Waals surface area contributed by atoms with Crippen LogP contribution in [0.3, 0.4) is 0 Å². The van der Waals surface area contributed by atoms with Crippen molar-refractivity contribution in [3.63, 3.8) is 0 Å². The number of benzene rings is 1. The van der Waals surface area contributed by atoms with Crippen LogP contribution in [0.1, 0.15) is 40.7 Å².